The molecule has 7 heteroatoms. The van der Waals surface area contributed by atoms with Crippen LogP contribution in [-0.2, 0) is 28.9 Å². The first-order valence-electron chi connectivity index (χ1n) is 7.03. The molecule has 0 bridgehead atoms. The van der Waals surface area contributed by atoms with E-state index in [1.54, 1.807) is 32.9 Å². The number of carbonyl (C=O) groups excluding carboxylic acids is 2. The SMILES string of the molecule is CCOC(=O)C1=C(c2ccc(S(C)(=O)=O)cc2)C(C)(C)OC1=O. The van der Waals surface area contributed by atoms with Crippen molar-refractivity contribution in [2.45, 2.75) is 31.3 Å². The van der Waals surface area contributed by atoms with Gasteiger partial charge < -0.3 is 9.47 Å². The molecule has 0 atom stereocenters. The van der Waals surface area contributed by atoms with Gasteiger partial charge in [0.1, 0.15) is 5.60 Å². The molecule has 0 saturated heterocycles. The van der Waals surface area contributed by atoms with Crippen LogP contribution in [0.4, 0.5) is 0 Å². The number of sulfone groups is 1. The molecule has 0 fully saturated rings. The Morgan fingerprint density at radius 1 is 1.22 bits per heavy atom. The highest BCUT2D eigenvalue weighted by Gasteiger charge is 2.44. The summed E-state index contributed by atoms with van der Waals surface area (Å²) in [5.74, 6) is -1.49. The van der Waals surface area contributed by atoms with Crippen LogP contribution >= 0.6 is 0 Å². The summed E-state index contributed by atoms with van der Waals surface area (Å²) >= 11 is 0. The molecule has 1 aliphatic heterocycles. The molecular formula is C16H18O6S. The van der Waals surface area contributed by atoms with E-state index in [4.69, 9.17) is 9.47 Å². The lowest BCUT2D eigenvalue weighted by atomic mass is 9.89. The predicted octanol–water partition coefficient (Wildman–Crippen LogP) is 1.74. The van der Waals surface area contributed by atoms with Crippen LogP contribution in [0.1, 0.15) is 26.3 Å². The van der Waals surface area contributed by atoms with Crippen molar-refractivity contribution in [2.24, 2.45) is 0 Å². The summed E-state index contributed by atoms with van der Waals surface area (Å²) in [5.41, 5.74) is -0.229. The third-order valence-corrected chi connectivity index (χ3v) is 4.58. The molecule has 1 heterocycles. The second-order valence-electron chi connectivity index (χ2n) is 5.67. The van der Waals surface area contributed by atoms with Crippen molar-refractivity contribution >= 4 is 27.3 Å². The maximum absolute atomic E-state index is 12.1. The summed E-state index contributed by atoms with van der Waals surface area (Å²) in [7, 11) is -3.33. The van der Waals surface area contributed by atoms with Crippen molar-refractivity contribution in [3.05, 3.63) is 35.4 Å². The van der Waals surface area contributed by atoms with Gasteiger partial charge in [0.15, 0.2) is 15.4 Å². The van der Waals surface area contributed by atoms with Gasteiger partial charge in [-0.15, -0.1) is 0 Å². The second kappa shape index (κ2) is 5.81. The van der Waals surface area contributed by atoms with Gasteiger partial charge in [-0.05, 0) is 38.5 Å². The van der Waals surface area contributed by atoms with Gasteiger partial charge in [-0.2, -0.15) is 0 Å². The van der Waals surface area contributed by atoms with Gasteiger partial charge in [0, 0.05) is 11.8 Å². The Balaban J connectivity index is 2.59. The zero-order chi connectivity index (χ0) is 17.4. The number of benzene rings is 1. The van der Waals surface area contributed by atoms with Crippen LogP contribution in [0.15, 0.2) is 34.7 Å². The Labute approximate surface area is 135 Å². The van der Waals surface area contributed by atoms with Crippen LogP contribution in [-0.4, -0.2) is 38.8 Å². The van der Waals surface area contributed by atoms with Crippen molar-refractivity contribution in [1.82, 2.24) is 0 Å². The standard InChI is InChI=1S/C16H18O6S/c1-5-21-14(17)12-13(16(2,3)22-15(12)18)10-6-8-11(9-7-10)23(4,19)20/h6-9H,5H2,1-4H3. The number of rotatable bonds is 4. The average Bonchev–Trinajstić information content (AvgIpc) is 2.67. The van der Waals surface area contributed by atoms with Gasteiger partial charge >= 0.3 is 11.9 Å². The smallest absolute Gasteiger partial charge is 0.346 e. The number of ether oxygens (including phenoxy) is 2. The summed E-state index contributed by atoms with van der Waals surface area (Å²) in [4.78, 5) is 24.3. The Morgan fingerprint density at radius 3 is 2.26 bits per heavy atom. The van der Waals surface area contributed by atoms with Crippen LogP contribution in [0.5, 0.6) is 0 Å². The Morgan fingerprint density at radius 2 is 1.78 bits per heavy atom. The zero-order valence-corrected chi connectivity index (χ0v) is 14.2. The summed E-state index contributed by atoms with van der Waals surface area (Å²) in [5, 5.41) is 0. The van der Waals surface area contributed by atoms with E-state index >= 15 is 0 Å². The molecule has 0 saturated carbocycles. The lowest BCUT2D eigenvalue weighted by Crippen LogP contribution is -2.22. The quantitative estimate of drug-likeness (QED) is 0.614. The molecule has 124 valence electrons. The highest BCUT2D eigenvalue weighted by Crippen LogP contribution is 2.40. The van der Waals surface area contributed by atoms with E-state index in [0.29, 0.717) is 11.1 Å². The average molecular weight is 338 g/mol. The van der Waals surface area contributed by atoms with E-state index in [2.05, 4.69) is 0 Å². The van der Waals surface area contributed by atoms with E-state index in [0.717, 1.165) is 6.26 Å². The minimum absolute atomic E-state index is 0.135. The minimum atomic E-state index is -3.33. The van der Waals surface area contributed by atoms with Gasteiger partial charge in [0.2, 0.25) is 0 Å². The molecule has 0 N–H and O–H groups in total. The number of cyclic esters (lactones) is 1. The fourth-order valence-corrected chi connectivity index (χ4v) is 3.12. The Bertz CT molecular complexity index is 784. The van der Waals surface area contributed by atoms with Gasteiger partial charge in [-0.3, -0.25) is 0 Å². The van der Waals surface area contributed by atoms with Gasteiger partial charge in [-0.25, -0.2) is 18.0 Å². The first-order valence-corrected chi connectivity index (χ1v) is 8.92. The summed E-state index contributed by atoms with van der Waals surface area (Å²) in [6.45, 7) is 5.11. The van der Waals surface area contributed by atoms with Crippen molar-refractivity contribution < 1.29 is 27.5 Å². The molecule has 0 spiro atoms. The largest absolute Gasteiger partial charge is 0.462 e. The summed E-state index contributed by atoms with van der Waals surface area (Å²) < 4.78 is 33.3. The summed E-state index contributed by atoms with van der Waals surface area (Å²) in [6, 6.07) is 5.96. The van der Waals surface area contributed by atoms with Crippen LogP contribution in [0.3, 0.4) is 0 Å². The van der Waals surface area contributed by atoms with Crippen molar-refractivity contribution in [2.75, 3.05) is 12.9 Å². The molecule has 1 aliphatic rings. The third-order valence-electron chi connectivity index (χ3n) is 3.45. The molecule has 0 aromatic heterocycles. The third kappa shape index (κ3) is 3.29. The zero-order valence-electron chi connectivity index (χ0n) is 13.4. The van der Waals surface area contributed by atoms with Crippen molar-refractivity contribution in [3.8, 4) is 0 Å². The van der Waals surface area contributed by atoms with Crippen LogP contribution in [0.25, 0.3) is 5.57 Å². The maximum Gasteiger partial charge on any atom is 0.346 e. The minimum Gasteiger partial charge on any atom is -0.462 e. The number of hydrogen-bond donors (Lipinski definition) is 0. The van der Waals surface area contributed by atoms with Gasteiger partial charge in [0.25, 0.3) is 0 Å². The first kappa shape index (κ1) is 17.2. The van der Waals surface area contributed by atoms with Gasteiger partial charge in [-0.1, -0.05) is 12.1 Å². The van der Waals surface area contributed by atoms with Crippen LogP contribution in [0, 0.1) is 0 Å². The normalized spacial score (nSPS) is 17.1. The molecule has 23 heavy (non-hydrogen) atoms. The monoisotopic (exact) mass is 338 g/mol. The first-order chi connectivity index (χ1) is 10.6. The topological polar surface area (TPSA) is 86.7 Å². The molecular weight excluding hydrogens is 320 g/mol. The second-order valence-corrected chi connectivity index (χ2v) is 7.68. The van der Waals surface area contributed by atoms with Crippen molar-refractivity contribution in [1.29, 1.82) is 0 Å². The molecule has 1 aromatic carbocycles. The van der Waals surface area contributed by atoms with E-state index in [1.165, 1.54) is 12.1 Å². The van der Waals surface area contributed by atoms with E-state index in [9.17, 15) is 18.0 Å². The maximum atomic E-state index is 12.1. The fourth-order valence-electron chi connectivity index (χ4n) is 2.49. The molecule has 0 amide bonds. The molecule has 0 radical (unpaired) electrons. The van der Waals surface area contributed by atoms with E-state index < -0.39 is 27.4 Å². The lowest BCUT2D eigenvalue weighted by Gasteiger charge is -2.21. The molecule has 6 nitrogen and oxygen atoms in total. The van der Waals surface area contributed by atoms with E-state index in [-0.39, 0.29) is 17.1 Å². The summed E-state index contributed by atoms with van der Waals surface area (Å²) in [6.07, 6.45) is 1.11. The van der Waals surface area contributed by atoms with Gasteiger partial charge in [0.05, 0.1) is 11.5 Å². The highest BCUT2D eigenvalue weighted by molar-refractivity contribution is 7.90. The molecule has 0 unspecified atom stereocenters. The number of esters is 2. The Kier molecular flexibility index (Phi) is 4.34. The highest BCUT2D eigenvalue weighted by atomic mass is 32.2. The number of hydrogen-bond acceptors (Lipinski definition) is 6. The number of carbonyl (C=O) groups is 2. The van der Waals surface area contributed by atoms with Crippen molar-refractivity contribution in [3.63, 3.8) is 0 Å². The molecule has 2 rings (SSSR count). The molecule has 0 aliphatic carbocycles. The molecule has 1 aromatic rings. The van der Waals surface area contributed by atoms with E-state index in [1.807, 2.05) is 0 Å². The fraction of sp³-hybridized carbons (Fsp3) is 0.375. The van der Waals surface area contributed by atoms with Crippen LogP contribution < -0.4 is 0 Å². The van der Waals surface area contributed by atoms with Crippen LogP contribution in [0.2, 0.25) is 0 Å². The predicted molar refractivity (Wildman–Crippen MR) is 83.3 cm³/mol. The lowest BCUT2D eigenvalue weighted by molar-refractivity contribution is -0.148. The Hall–Kier alpha value is -2.15.